The van der Waals surface area contributed by atoms with Crippen molar-refractivity contribution in [1.82, 2.24) is 0 Å². The van der Waals surface area contributed by atoms with Crippen LogP contribution in [0.3, 0.4) is 0 Å². The van der Waals surface area contributed by atoms with E-state index in [1.165, 1.54) is 173 Å². The number of phosphoric ester groups is 1. The lowest BCUT2D eigenvalue weighted by Crippen LogP contribution is -2.29. The molecule has 0 heterocycles. The number of allylic oxidation sites excluding steroid dienone is 8. The lowest BCUT2D eigenvalue weighted by atomic mass is 10.0. The predicted molar refractivity (Wildman–Crippen MR) is 289 cm³/mol. The Hall–Kier alpha value is -2.03. The lowest BCUT2D eigenvalue weighted by Gasteiger charge is -2.19. The minimum Gasteiger partial charge on any atom is -0.462 e. The van der Waals surface area contributed by atoms with Crippen LogP contribution in [0, 0.1) is 0 Å². The van der Waals surface area contributed by atoms with Gasteiger partial charge in [0.15, 0.2) is 6.10 Å². The van der Waals surface area contributed by atoms with Crippen LogP contribution < -0.4 is 5.73 Å². The molecule has 2 unspecified atom stereocenters. The zero-order chi connectivity index (χ0) is 49.5. The van der Waals surface area contributed by atoms with E-state index in [0.717, 1.165) is 70.6 Å². The molecular formula is C58H108NO8P. The zero-order valence-electron chi connectivity index (χ0n) is 44.3. The largest absolute Gasteiger partial charge is 0.472 e. The molecule has 0 aromatic heterocycles. The third-order valence-electron chi connectivity index (χ3n) is 12.5. The van der Waals surface area contributed by atoms with E-state index in [2.05, 4.69) is 62.5 Å². The first-order valence-electron chi connectivity index (χ1n) is 28.6. The normalized spacial score (nSPS) is 13.4. The van der Waals surface area contributed by atoms with Gasteiger partial charge in [0.05, 0.1) is 13.2 Å². The van der Waals surface area contributed by atoms with Crippen molar-refractivity contribution in [2.75, 3.05) is 26.4 Å². The Kier molecular flexibility index (Phi) is 52.7. The van der Waals surface area contributed by atoms with Crippen molar-refractivity contribution < 1.29 is 37.6 Å². The number of nitrogens with two attached hydrogens (primary N) is 1. The first kappa shape index (κ1) is 66.0. The molecular weight excluding hydrogens is 870 g/mol. The highest BCUT2D eigenvalue weighted by molar-refractivity contribution is 7.47. The molecule has 0 aliphatic rings. The van der Waals surface area contributed by atoms with Crippen molar-refractivity contribution in [3.63, 3.8) is 0 Å². The minimum atomic E-state index is -4.39. The number of rotatable bonds is 54. The van der Waals surface area contributed by atoms with Crippen LogP contribution in [0.25, 0.3) is 0 Å². The van der Waals surface area contributed by atoms with E-state index >= 15 is 0 Å². The van der Waals surface area contributed by atoms with Crippen LogP contribution in [0.2, 0.25) is 0 Å². The van der Waals surface area contributed by atoms with E-state index in [-0.39, 0.29) is 38.6 Å². The molecule has 10 heteroatoms. The van der Waals surface area contributed by atoms with E-state index in [1.807, 2.05) is 0 Å². The summed E-state index contributed by atoms with van der Waals surface area (Å²) in [6.07, 6.45) is 66.1. The van der Waals surface area contributed by atoms with Gasteiger partial charge in [0, 0.05) is 19.4 Å². The van der Waals surface area contributed by atoms with Gasteiger partial charge in [0.1, 0.15) is 6.61 Å². The number of carbonyl (C=O) groups excluding carboxylic acids is 2. The Morgan fingerprint density at radius 3 is 1.21 bits per heavy atom. The zero-order valence-corrected chi connectivity index (χ0v) is 45.2. The fraction of sp³-hybridized carbons (Fsp3) is 0.828. The molecule has 0 aliphatic heterocycles. The number of carbonyl (C=O) groups is 2. The van der Waals surface area contributed by atoms with E-state index in [4.69, 9.17) is 24.3 Å². The highest BCUT2D eigenvalue weighted by Gasteiger charge is 2.26. The molecule has 398 valence electrons. The molecule has 0 radical (unpaired) electrons. The Bertz CT molecular complexity index is 1250. The quantitative estimate of drug-likeness (QED) is 0.0264. The molecule has 0 amide bonds. The maximum absolute atomic E-state index is 12.6. The van der Waals surface area contributed by atoms with Gasteiger partial charge in [-0.3, -0.25) is 18.6 Å². The minimum absolute atomic E-state index is 0.0487. The van der Waals surface area contributed by atoms with Crippen LogP contribution in [-0.4, -0.2) is 49.3 Å². The smallest absolute Gasteiger partial charge is 0.462 e. The molecule has 0 bridgehead atoms. The number of phosphoric acid groups is 1. The second kappa shape index (κ2) is 54.3. The van der Waals surface area contributed by atoms with E-state index in [0.29, 0.717) is 6.42 Å². The van der Waals surface area contributed by atoms with Crippen molar-refractivity contribution in [2.45, 2.75) is 283 Å². The molecule has 3 N–H and O–H groups in total. The fourth-order valence-electron chi connectivity index (χ4n) is 8.28. The number of esters is 2. The average Bonchev–Trinajstić information content (AvgIpc) is 3.33. The second-order valence-corrected chi connectivity index (χ2v) is 20.6. The molecule has 0 fully saturated rings. The fourth-order valence-corrected chi connectivity index (χ4v) is 9.04. The number of unbranched alkanes of at least 4 members (excludes halogenated alkanes) is 33. The van der Waals surface area contributed by atoms with Gasteiger partial charge in [-0.2, -0.15) is 0 Å². The summed E-state index contributed by atoms with van der Waals surface area (Å²) in [7, 11) is -4.39. The number of hydrogen-bond donors (Lipinski definition) is 2. The molecule has 0 saturated carbocycles. The van der Waals surface area contributed by atoms with Gasteiger partial charge in [-0.1, -0.05) is 262 Å². The topological polar surface area (TPSA) is 134 Å². The van der Waals surface area contributed by atoms with Crippen LogP contribution in [0.15, 0.2) is 48.6 Å². The Morgan fingerprint density at radius 1 is 0.456 bits per heavy atom. The molecule has 0 aromatic carbocycles. The van der Waals surface area contributed by atoms with Gasteiger partial charge in [-0.25, -0.2) is 4.57 Å². The summed E-state index contributed by atoms with van der Waals surface area (Å²) in [5.74, 6) is -0.846. The van der Waals surface area contributed by atoms with Gasteiger partial charge in [-0.15, -0.1) is 0 Å². The van der Waals surface area contributed by atoms with E-state index in [9.17, 15) is 19.0 Å². The molecule has 0 saturated heterocycles. The van der Waals surface area contributed by atoms with Crippen LogP contribution in [0.5, 0.6) is 0 Å². The van der Waals surface area contributed by atoms with Crippen LogP contribution in [-0.2, 0) is 32.7 Å². The molecule has 9 nitrogen and oxygen atoms in total. The van der Waals surface area contributed by atoms with Crippen molar-refractivity contribution in [3.05, 3.63) is 48.6 Å². The third-order valence-corrected chi connectivity index (χ3v) is 13.5. The van der Waals surface area contributed by atoms with Gasteiger partial charge >= 0.3 is 19.8 Å². The van der Waals surface area contributed by atoms with Gasteiger partial charge in [0.2, 0.25) is 0 Å². The number of ether oxygens (including phenoxy) is 2. The Labute approximate surface area is 419 Å². The molecule has 0 spiro atoms. The van der Waals surface area contributed by atoms with E-state index < -0.39 is 26.5 Å². The summed E-state index contributed by atoms with van der Waals surface area (Å²) < 4.78 is 33.0. The van der Waals surface area contributed by atoms with Gasteiger partial charge in [0.25, 0.3) is 0 Å². The maximum atomic E-state index is 12.6. The summed E-state index contributed by atoms with van der Waals surface area (Å²) >= 11 is 0. The molecule has 2 atom stereocenters. The molecule has 0 aromatic rings. The first-order chi connectivity index (χ1) is 33.3. The summed E-state index contributed by atoms with van der Waals surface area (Å²) in [4.78, 5) is 35.1. The highest BCUT2D eigenvalue weighted by Crippen LogP contribution is 2.43. The molecule has 0 rings (SSSR count). The van der Waals surface area contributed by atoms with Crippen molar-refractivity contribution in [2.24, 2.45) is 5.73 Å². The monoisotopic (exact) mass is 978 g/mol. The van der Waals surface area contributed by atoms with Gasteiger partial charge in [-0.05, 0) is 51.4 Å². The maximum Gasteiger partial charge on any atom is 0.472 e. The summed E-state index contributed by atoms with van der Waals surface area (Å²) in [6.45, 7) is 3.63. The summed E-state index contributed by atoms with van der Waals surface area (Å²) in [5, 5.41) is 0. The predicted octanol–water partition coefficient (Wildman–Crippen LogP) is 17.8. The van der Waals surface area contributed by atoms with Crippen molar-refractivity contribution in [3.8, 4) is 0 Å². The summed E-state index contributed by atoms with van der Waals surface area (Å²) in [6, 6.07) is 0. The Balaban J connectivity index is 3.89. The second-order valence-electron chi connectivity index (χ2n) is 19.1. The van der Waals surface area contributed by atoms with Gasteiger partial charge < -0.3 is 20.1 Å². The summed E-state index contributed by atoms with van der Waals surface area (Å²) in [5.41, 5.74) is 5.37. The Morgan fingerprint density at radius 2 is 0.809 bits per heavy atom. The lowest BCUT2D eigenvalue weighted by molar-refractivity contribution is -0.161. The van der Waals surface area contributed by atoms with Crippen molar-refractivity contribution >= 4 is 19.8 Å². The van der Waals surface area contributed by atoms with Crippen LogP contribution in [0.4, 0.5) is 0 Å². The van der Waals surface area contributed by atoms with E-state index in [1.54, 1.807) is 0 Å². The van der Waals surface area contributed by atoms with Crippen LogP contribution in [0.1, 0.15) is 277 Å². The standard InChI is InChI=1S/C58H108NO8P/c1-3-5-7-9-11-13-15-17-19-21-22-23-24-25-26-27-28-29-30-31-32-33-35-36-38-40-42-44-46-48-50-57(60)64-54-56(55-66-68(62,63)65-53-52-59)67-58(61)51-49-47-45-43-41-39-37-34-20-18-16-14-12-10-8-6-4-2/h6,8,12,14,18,20,37,39,56H,3-5,7,9-11,13,15-17,19,21-36,38,40-55,59H2,1-2H3,(H,62,63)/b8-6-,14-12-,20-18-,39-37-. The van der Waals surface area contributed by atoms with Crippen molar-refractivity contribution in [1.29, 1.82) is 0 Å². The highest BCUT2D eigenvalue weighted by atomic mass is 31.2. The third kappa shape index (κ3) is 53.3. The molecule has 68 heavy (non-hydrogen) atoms. The molecule has 0 aliphatic carbocycles. The SMILES string of the molecule is CC/C=C\C/C=C\C/C=C\C/C=C\CCCCCCC(=O)OC(COC(=O)CCCCCCCCCCCCCCCCCCCCCCCCCCCCCCCC)COP(=O)(O)OCCN. The number of hydrogen-bond acceptors (Lipinski definition) is 8. The first-order valence-corrected chi connectivity index (χ1v) is 30.1. The van der Waals surface area contributed by atoms with Crippen LogP contribution >= 0.6 is 7.82 Å². The average molecular weight is 978 g/mol.